The van der Waals surface area contributed by atoms with E-state index in [-0.39, 0.29) is 0 Å². The molecule has 0 amide bonds. The Hall–Kier alpha value is -1.08. The maximum atomic E-state index is 3.87. The Morgan fingerprint density at radius 3 is 2.75 bits per heavy atom. The van der Waals surface area contributed by atoms with E-state index < -0.39 is 0 Å². The van der Waals surface area contributed by atoms with Crippen LogP contribution in [0.25, 0.3) is 12.2 Å². The van der Waals surface area contributed by atoms with Gasteiger partial charge >= 0.3 is 0 Å². The molecule has 0 saturated carbocycles. The Kier molecular flexibility index (Phi) is 5.27. The Morgan fingerprint density at radius 1 is 1.44 bits per heavy atom. The van der Waals surface area contributed by atoms with Gasteiger partial charge in [0, 0.05) is 9.75 Å². The summed E-state index contributed by atoms with van der Waals surface area (Å²) in [7, 11) is 0. The van der Waals surface area contributed by atoms with Crippen molar-refractivity contribution in [3.05, 3.63) is 46.7 Å². The van der Waals surface area contributed by atoms with Crippen LogP contribution >= 0.6 is 11.3 Å². The quantitative estimate of drug-likeness (QED) is 0.569. The summed E-state index contributed by atoms with van der Waals surface area (Å²) < 4.78 is 0. The number of rotatable bonds is 6. The second-order valence-electron chi connectivity index (χ2n) is 3.96. The molecule has 1 unspecified atom stereocenters. The van der Waals surface area contributed by atoms with Gasteiger partial charge < -0.3 is 0 Å². The van der Waals surface area contributed by atoms with Crippen molar-refractivity contribution >= 4 is 23.5 Å². The first-order valence-corrected chi connectivity index (χ1v) is 6.59. The molecule has 1 heterocycles. The predicted molar refractivity (Wildman–Crippen MR) is 77.0 cm³/mol. The number of thiophene rings is 1. The van der Waals surface area contributed by atoms with Gasteiger partial charge in [-0.15, -0.1) is 11.3 Å². The molecule has 0 bridgehead atoms. The van der Waals surface area contributed by atoms with Gasteiger partial charge in [-0.25, -0.2) is 0 Å². The molecular formula is C15H20S. The van der Waals surface area contributed by atoms with Gasteiger partial charge in [0.05, 0.1) is 0 Å². The van der Waals surface area contributed by atoms with Crippen LogP contribution in [0.15, 0.2) is 31.4 Å². The first-order valence-electron chi connectivity index (χ1n) is 5.78. The lowest BCUT2D eigenvalue weighted by atomic mass is 10.0. The number of hydrogen-bond acceptors (Lipinski definition) is 1. The third-order valence-electron chi connectivity index (χ3n) is 2.61. The molecule has 0 fully saturated rings. The first-order chi connectivity index (χ1) is 7.72. The van der Waals surface area contributed by atoms with Crippen molar-refractivity contribution in [2.24, 2.45) is 0 Å². The Labute approximate surface area is 103 Å². The maximum Gasteiger partial charge on any atom is 0.0339 e. The van der Waals surface area contributed by atoms with E-state index in [9.17, 15) is 0 Å². The van der Waals surface area contributed by atoms with E-state index in [4.69, 9.17) is 0 Å². The zero-order valence-corrected chi connectivity index (χ0v) is 11.0. The normalized spacial score (nSPS) is 12.9. The van der Waals surface area contributed by atoms with Crippen LogP contribution in [0.5, 0.6) is 0 Å². The molecule has 0 saturated heterocycles. The van der Waals surface area contributed by atoms with Crippen LogP contribution in [-0.2, 0) is 0 Å². The van der Waals surface area contributed by atoms with Gasteiger partial charge in [0.2, 0.25) is 0 Å². The average Bonchev–Trinajstić information content (AvgIpc) is 2.70. The molecule has 0 nitrogen and oxygen atoms in total. The molecule has 1 rings (SSSR count). The third-order valence-corrected chi connectivity index (χ3v) is 3.99. The summed E-state index contributed by atoms with van der Waals surface area (Å²) in [5.41, 5.74) is 1.26. The molecule has 0 aliphatic carbocycles. The smallest absolute Gasteiger partial charge is 0.0339 e. The largest absolute Gasteiger partial charge is 0.140 e. The van der Waals surface area contributed by atoms with Gasteiger partial charge in [0.15, 0.2) is 0 Å². The van der Waals surface area contributed by atoms with Crippen LogP contribution in [0.2, 0.25) is 0 Å². The molecule has 1 aromatic heterocycles. The van der Waals surface area contributed by atoms with E-state index >= 15 is 0 Å². The van der Waals surface area contributed by atoms with Crippen molar-refractivity contribution in [2.75, 3.05) is 0 Å². The summed E-state index contributed by atoms with van der Waals surface area (Å²) in [6, 6.07) is 2.28. The lowest BCUT2D eigenvalue weighted by Crippen LogP contribution is -1.87. The lowest BCUT2D eigenvalue weighted by molar-refractivity contribution is 0.675. The van der Waals surface area contributed by atoms with E-state index in [1.54, 1.807) is 6.08 Å². The summed E-state index contributed by atoms with van der Waals surface area (Å²) in [5, 5.41) is 0. The molecule has 0 aliphatic rings. The molecule has 1 aromatic rings. The zero-order valence-electron chi connectivity index (χ0n) is 10.2. The van der Waals surface area contributed by atoms with Gasteiger partial charge in [-0.1, -0.05) is 57.7 Å². The molecule has 0 aliphatic heterocycles. The third kappa shape index (κ3) is 3.21. The predicted octanol–water partition coefficient (Wildman–Crippen LogP) is 5.49. The Bertz CT molecular complexity index is 382. The van der Waals surface area contributed by atoms with Crippen molar-refractivity contribution in [1.82, 2.24) is 0 Å². The van der Waals surface area contributed by atoms with E-state index in [1.807, 2.05) is 23.5 Å². The zero-order chi connectivity index (χ0) is 12.0. The van der Waals surface area contributed by atoms with Gasteiger partial charge in [-0.2, -0.15) is 0 Å². The SMILES string of the molecule is C=C/C=C\c1cc(C(C)CCC)sc1C=C. The highest BCUT2D eigenvalue weighted by Gasteiger charge is 2.10. The fraction of sp³-hybridized carbons (Fsp3) is 0.333. The minimum absolute atomic E-state index is 0.652. The highest BCUT2D eigenvalue weighted by Crippen LogP contribution is 2.32. The fourth-order valence-corrected chi connectivity index (χ4v) is 2.81. The molecule has 0 spiro atoms. The van der Waals surface area contributed by atoms with Gasteiger partial charge in [0.25, 0.3) is 0 Å². The summed E-state index contributed by atoms with van der Waals surface area (Å²) in [6.45, 7) is 12.1. The van der Waals surface area contributed by atoms with E-state index in [1.165, 1.54) is 28.2 Å². The minimum atomic E-state index is 0.652. The van der Waals surface area contributed by atoms with Crippen molar-refractivity contribution in [3.8, 4) is 0 Å². The van der Waals surface area contributed by atoms with E-state index in [0.29, 0.717) is 5.92 Å². The van der Waals surface area contributed by atoms with E-state index in [2.05, 4.69) is 39.1 Å². The average molecular weight is 232 g/mol. The molecule has 86 valence electrons. The fourth-order valence-electron chi connectivity index (χ4n) is 1.72. The molecular weight excluding hydrogens is 212 g/mol. The second kappa shape index (κ2) is 6.49. The van der Waals surface area contributed by atoms with Crippen LogP contribution in [0.1, 0.15) is 47.9 Å². The minimum Gasteiger partial charge on any atom is -0.140 e. The first kappa shape index (κ1) is 13.0. The molecule has 0 N–H and O–H groups in total. The molecule has 0 radical (unpaired) electrons. The Morgan fingerprint density at radius 2 is 2.19 bits per heavy atom. The summed E-state index contributed by atoms with van der Waals surface area (Å²) in [4.78, 5) is 2.72. The topological polar surface area (TPSA) is 0 Å². The highest BCUT2D eigenvalue weighted by molar-refractivity contribution is 7.13. The van der Waals surface area contributed by atoms with Crippen molar-refractivity contribution in [1.29, 1.82) is 0 Å². The summed E-state index contributed by atoms with van der Waals surface area (Å²) >= 11 is 1.85. The van der Waals surface area contributed by atoms with Gasteiger partial charge in [0.1, 0.15) is 0 Å². The second-order valence-corrected chi connectivity index (χ2v) is 5.07. The standard InChI is InChI=1S/C15H20S/c1-5-8-10-13-11-15(12(4)9-6-2)16-14(13)7-3/h5,7-8,10-12H,1,3,6,9H2,2,4H3/b10-8-. The summed E-state index contributed by atoms with van der Waals surface area (Å²) in [6.07, 6.45) is 10.3. The van der Waals surface area contributed by atoms with E-state index in [0.717, 1.165) is 0 Å². The van der Waals surface area contributed by atoms with Crippen LogP contribution in [0, 0.1) is 0 Å². The van der Waals surface area contributed by atoms with Crippen molar-refractivity contribution < 1.29 is 0 Å². The summed E-state index contributed by atoms with van der Waals surface area (Å²) in [5.74, 6) is 0.652. The van der Waals surface area contributed by atoms with Gasteiger partial charge in [-0.3, -0.25) is 0 Å². The highest BCUT2D eigenvalue weighted by atomic mass is 32.1. The van der Waals surface area contributed by atoms with Crippen LogP contribution < -0.4 is 0 Å². The molecule has 0 aromatic carbocycles. The maximum absolute atomic E-state index is 3.87. The molecule has 1 heteroatoms. The van der Waals surface area contributed by atoms with Crippen LogP contribution in [0.4, 0.5) is 0 Å². The van der Waals surface area contributed by atoms with Crippen LogP contribution in [0.3, 0.4) is 0 Å². The number of hydrogen-bond donors (Lipinski definition) is 0. The van der Waals surface area contributed by atoms with Crippen LogP contribution in [-0.4, -0.2) is 0 Å². The van der Waals surface area contributed by atoms with Crippen molar-refractivity contribution in [2.45, 2.75) is 32.6 Å². The molecule has 1 atom stereocenters. The molecule has 16 heavy (non-hydrogen) atoms. The monoisotopic (exact) mass is 232 g/mol. The van der Waals surface area contributed by atoms with Crippen molar-refractivity contribution in [3.63, 3.8) is 0 Å². The van der Waals surface area contributed by atoms with Gasteiger partial charge in [-0.05, 0) is 24.0 Å². The number of allylic oxidation sites excluding steroid dienone is 2. The Balaban J connectivity index is 2.97. The lowest BCUT2D eigenvalue weighted by Gasteiger charge is -2.05.